The molecule has 0 fully saturated rings. The lowest BCUT2D eigenvalue weighted by Crippen LogP contribution is -2.06. The van der Waals surface area contributed by atoms with E-state index in [0.29, 0.717) is 5.82 Å². The number of methoxy groups -OCH3 is 1. The Morgan fingerprint density at radius 3 is 2.75 bits per heavy atom. The Hall–Kier alpha value is -1.58. The fourth-order valence-electron chi connectivity index (χ4n) is 0.903. The highest BCUT2D eigenvalue weighted by Gasteiger charge is 2.07. The number of aryl methyl sites for hydroxylation is 1. The Kier molecular flexibility index (Phi) is 2.28. The fraction of sp³-hybridized carbons (Fsp3) is 0.250. The van der Waals surface area contributed by atoms with Gasteiger partial charge in [0, 0.05) is 0 Å². The first-order valence-electron chi connectivity index (χ1n) is 3.46. The molecule has 0 atom stereocenters. The van der Waals surface area contributed by atoms with Crippen molar-refractivity contribution in [1.29, 1.82) is 0 Å². The van der Waals surface area contributed by atoms with Crippen LogP contribution in [0.15, 0.2) is 12.1 Å². The van der Waals surface area contributed by atoms with Crippen molar-refractivity contribution in [3.8, 4) is 0 Å². The molecule has 12 heavy (non-hydrogen) atoms. The van der Waals surface area contributed by atoms with Gasteiger partial charge in [-0.3, -0.25) is 0 Å². The third-order valence-electron chi connectivity index (χ3n) is 1.38. The summed E-state index contributed by atoms with van der Waals surface area (Å²) in [7, 11) is 1.31. The van der Waals surface area contributed by atoms with E-state index in [4.69, 9.17) is 5.73 Å². The molecule has 4 nitrogen and oxygen atoms in total. The van der Waals surface area contributed by atoms with Crippen LogP contribution in [-0.4, -0.2) is 18.1 Å². The molecule has 0 saturated carbocycles. The van der Waals surface area contributed by atoms with Crippen LogP contribution in [0, 0.1) is 6.92 Å². The highest BCUT2D eigenvalue weighted by Crippen LogP contribution is 2.06. The van der Waals surface area contributed by atoms with Crippen molar-refractivity contribution in [3.63, 3.8) is 0 Å². The summed E-state index contributed by atoms with van der Waals surface area (Å²) in [6.07, 6.45) is 0. The van der Waals surface area contributed by atoms with Crippen LogP contribution in [0.3, 0.4) is 0 Å². The molecular weight excluding hydrogens is 156 g/mol. The van der Waals surface area contributed by atoms with Crippen molar-refractivity contribution in [2.24, 2.45) is 0 Å². The summed E-state index contributed by atoms with van der Waals surface area (Å²) < 4.78 is 4.49. The lowest BCUT2D eigenvalue weighted by molar-refractivity contribution is 0.0594. The SMILES string of the molecule is COC(=O)c1cc(C)cc(N)n1. The molecule has 0 bridgehead atoms. The minimum Gasteiger partial charge on any atom is -0.464 e. The van der Waals surface area contributed by atoms with Gasteiger partial charge in [-0.1, -0.05) is 0 Å². The molecule has 0 unspecified atom stereocenters. The molecule has 64 valence electrons. The Morgan fingerprint density at radius 1 is 1.58 bits per heavy atom. The normalized spacial score (nSPS) is 9.50. The van der Waals surface area contributed by atoms with Crippen LogP contribution in [0.4, 0.5) is 5.82 Å². The first-order chi connectivity index (χ1) is 5.63. The number of anilines is 1. The van der Waals surface area contributed by atoms with E-state index in [1.807, 2.05) is 6.92 Å². The second-order valence-electron chi connectivity index (χ2n) is 2.45. The predicted molar refractivity (Wildman–Crippen MR) is 44.7 cm³/mol. The van der Waals surface area contributed by atoms with Crippen molar-refractivity contribution in [2.45, 2.75) is 6.92 Å². The molecule has 2 N–H and O–H groups in total. The molecule has 1 heterocycles. The maximum Gasteiger partial charge on any atom is 0.356 e. The molecule has 4 heteroatoms. The van der Waals surface area contributed by atoms with E-state index in [2.05, 4.69) is 9.72 Å². The average Bonchev–Trinajstić information content (AvgIpc) is 2.01. The summed E-state index contributed by atoms with van der Waals surface area (Å²) in [5, 5.41) is 0. The minimum absolute atomic E-state index is 0.245. The summed E-state index contributed by atoms with van der Waals surface area (Å²) in [5.41, 5.74) is 6.57. The van der Waals surface area contributed by atoms with Gasteiger partial charge in [-0.25, -0.2) is 9.78 Å². The van der Waals surface area contributed by atoms with Crippen LogP contribution >= 0.6 is 0 Å². The maximum atomic E-state index is 11.0. The van der Waals surface area contributed by atoms with Crippen molar-refractivity contribution in [2.75, 3.05) is 12.8 Å². The number of hydrogen-bond donors (Lipinski definition) is 1. The Balaban J connectivity index is 3.08. The lowest BCUT2D eigenvalue weighted by Gasteiger charge is -2.00. The minimum atomic E-state index is -0.467. The van der Waals surface area contributed by atoms with Crippen molar-refractivity contribution >= 4 is 11.8 Å². The Labute approximate surface area is 70.4 Å². The molecule has 1 rings (SSSR count). The number of hydrogen-bond acceptors (Lipinski definition) is 4. The first-order valence-corrected chi connectivity index (χ1v) is 3.46. The molecule has 0 aromatic carbocycles. The number of carbonyl (C=O) groups is 1. The molecule has 0 aliphatic rings. The standard InChI is InChI=1S/C8H10N2O2/c1-5-3-6(8(11)12-2)10-7(9)4-5/h3-4H,1-2H3,(H2,9,10). The van der Waals surface area contributed by atoms with Crippen LogP contribution in [0.25, 0.3) is 0 Å². The Bertz CT molecular complexity index is 290. The zero-order valence-corrected chi connectivity index (χ0v) is 7.00. The number of pyridine rings is 1. The van der Waals surface area contributed by atoms with Gasteiger partial charge in [-0.15, -0.1) is 0 Å². The molecule has 0 amide bonds. The van der Waals surface area contributed by atoms with Crippen molar-refractivity contribution < 1.29 is 9.53 Å². The van der Waals surface area contributed by atoms with E-state index in [9.17, 15) is 4.79 Å². The maximum absolute atomic E-state index is 11.0. The van der Waals surface area contributed by atoms with Gasteiger partial charge in [0.25, 0.3) is 0 Å². The predicted octanol–water partition coefficient (Wildman–Crippen LogP) is 0.759. The number of ether oxygens (including phenoxy) is 1. The second-order valence-corrected chi connectivity index (χ2v) is 2.45. The molecule has 0 spiro atoms. The number of nitrogen functional groups attached to an aromatic ring is 1. The highest BCUT2D eigenvalue weighted by atomic mass is 16.5. The first kappa shape index (κ1) is 8.52. The molecule has 0 radical (unpaired) electrons. The van der Waals surface area contributed by atoms with Crippen molar-refractivity contribution in [1.82, 2.24) is 4.98 Å². The van der Waals surface area contributed by atoms with Crippen LogP contribution in [0.1, 0.15) is 16.1 Å². The van der Waals surface area contributed by atoms with Crippen LogP contribution < -0.4 is 5.73 Å². The smallest absolute Gasteiger partial charge is 0.356 e. The van der Waals surface area contributed by atoms with Crippen LogP contribution in [0.5, 0.6) is 0 Å². The average molecular weight is 166 g/mol. The van der Waals surface area contributed by atoms with Crippen LogP contribution in [0.2, 0.25) is 0 Å². The number of esters is 1. The third-order valence-corrected chi connectivity index (χ3v) is 1.38. The zero-order valence-electron chi connectivity index (χ0n) is 7.00. The molecule has 0 aliphatic heterocycles. The summed E-state index contributed by atoms with van der Waals surface area (Å²) in [6, 6.07) is 3.31. The van der Waals surface area contributed by atoms with Gasteiger partial charge in [0.15, 0.2) is 5.69 Å². The molecule has 0 saturated heterocycles. The van der Waals surface area contributed by atoms with E-state index in [0.717, 1.165) is 5.56 Å². The van der Waals surface area contributed by atoms with Gasteiger partial charge in [0.2, 0.25) is 0 Å². The van der Waals surface area contributed by atoms with Gasteiger partial charge < -0.3 is 10.5 Å². The van der Waals surface area contributed by atoms with E-state index in [1.54, 1.807) is 12.1 Å². The van der Waals surface area contributed by atoms with Gasteiger partial charge in [0.05, 0.1) is 7.11 Å². The monoisotopic (exact) mass is 166 g/mol. The summed E-state index contributed by atoms with van der Waals surface area (Å²) in [4.78, 5) is 14.8. The summed E-state index contributed by atoms with van der Waals surface area (Å²) in [5.74, 6) is -0.138. The fourth-order valence-corrected chi connectivity index (χ4v) is 0.903. The zero-order chi connectivity index (χ0) is 9.14. The largest absolute Gasteiger partial charge is 0.464 e. The Morgan fingerprint density at radius 2 is 2.25 bits per heavy atom. The van der Waals surface area contributed by atoms with Gasteiger partial charge >= 0.3 is 5.97 Å². The molecule has 1 aromatic heterocycles. The summed E-state index contributed by atoms with van der Waals surface area (Å²) >= 11 is 0. The lowest BCUT2D eigenvalue weighted by atomic mass is 10.2. The molecule has 1 aromatic rings. The van der Waals surface area contributed by atoms with E-state index < -0.39 is 5.97 Å². The van der Waals surface area contributed by atoms with E-state index >= 15 is 0 Å². The van der Waals surface area contributed by atoms with E-state index in [-0.39, 0.29) is 5.69 Å². The van der Waals surface area contributed by atoms with Gasteiger partial charge in [-0.2, -0.15) is 0 Å². The molecule has 0 aliphatic carbocycles. The topological polar surface area (TPSA) is 65.2 Å². The quantitative estimate of drug-likeness (QED) is 0.625. The van der Waals surface area contributed by atoms with E-state index in [1.165, 1.54) is 7.11 Å². The van der Waals surface area contributed by atoms with Gasteiger partial charge in [-0.05, 0) is 24.6 Å². The number of aromatic nitrogens is 1. The van der Waals surface area contributed by atoms with Crippen LogP contribution in [-0.2, 0) is 4.74 Å². The number of nitrogens with zero attached hydrogens (tertiary/aromatic N) is 1. The van der Waals surface area contributed by atoms with Gasteiger partial charge in [0.1, 0.15) is 5.82 Å². The third kappa shape index (κ3) is 1.72. The number of carbonyl (C=O) groups excluding carboxylic acids is 1. The second kappa shape index (κ2) is 3.21. The van der Waals surface area contributed by atoms with Crippen molar-refractivity contribution in [3.05, 3.63) is 23.4 Å². The highest BCUT2D eigenvalue weighted by molar-refractivity contribution is 5.87. The number of nitrogens with two attached hydrogens (primary N) is 1. The number of rotatable bonds is 1. The molecular formula is C8H10N2O2. The summed E-state index contributed by atoms with van der Waals surface area (Å²) in [6.45, 7) is 1.84.